The van der Waals surface area contributed by atoms with E-state index in [9.17, 15) is 8.42 Å². The lowest BCUT2D eigenvalue weighted by molar-refractivity contribution is 0.383. The standard InChI is InChI=1S/C21H28N2O3S/c1-5-18-8-6-7-9-19(18)22-10-12-23(13-11-22)27(24,25)21-15-20(26-4)16(2)14-17(21)3/h6-9,14-15H,5,10-13H2,1-4H3. The van der Waals surface area contributed by atoms with Crippen LogP contribution in [0.2, 0.25) is 0 Å². The third kappa shape index (κ3) is 3.82. The van der Waals surface area contributed by atoms with Crippen LogP contribution in [0.15, 0.2) is 41.3 Å². The van der Waals surface area contributed by atoms with Gasteiger partial charge in [-0.1, -0.05) is 31.2 Å². The first-order chi connectivity index (χ1) is 12.9. The van der Waals surface area contributed by atoms with Crippen molar-refractivity contribution in [1.29, 1.82) is 0 Å². The minimum absolute atomic E-state index is 0.340. The molecule has 146 valence electrons. The Kier molecular flexibility index (Phi) is 5.77. The zero-order valence-corrected chi connectivity index (χ0v) is 17.3. The molecule has 0 spiro atoms. The monoisotopic (exact) mass is 388 g/mol. The van der Waals surface area contributed by atoms with Crippen LogP contribution >= 0.6 is 0 Å². The molecule has 0 aromatic heterocycles. The van der Waals surface area contributed by atoms with Gasteiger partial charge in [0.2, 0.25) is 10.0 Å². The second-order valence-electron chi connectivity index (χ2n) is 6.96. The van der Waals surface area contributed by atoms with E-state index in [1.807, 2.05) is 26.0 Å². The lowest BCUT2D eigenvalue weighted by Crippen LogP contribution is -2.49. The Labute approximate surface area is 162 Å². The SMILES string of the molecule is CCc1ccccc1N1CCN(S(=O)(=O)c2cc(OC)c(C)cc2C)CC1. The van der Waals surface area contributed by atoms with Crippen LogP contribution in [0.1, 0.15) is 23.6 Å². The van der Waals surface area contributed by atoms with Gasteiger partial charge in [0, 0.05) is 37.9 Å². The first kappa shape index (κ1) is 19.7. The molecule has 0 radical (unpaired) electrons. The molecule has 0 saturated carbocycles. The lowest BCUT2D eigenvalue weighted by Gasteiger charge is -2.36. The van der Waals surface area contributed by atoms with Gasteiger partial charge in [0.15, 0.2) is 0 Å². The van der Waals surface area contributed by atoms with Crippen molar-refractivity contribution < 1.29 is 13.2 Å². The van der Waals surface area contributed by atoms with E-state index < -0.39 is 10.0 Å². The summed E-state index contributed by atoms with van der Waals surface area (Å²) in [5, 5.41) is 0. The fourth-order valence-electron chi connectivity index (χ4n) is 3.74. The van der Waals surface area contributed by atoms with Crippen LogP contribution in [0.5, 0.6) is 5.75 Å². The summed E-state index contributed by atoms with van der Waals surface area (Å²) in [7, 11) is -1.97. The summed E-state index contributed by atoms with van der Waals surface area (Å²) in [5.74, 6) is 0.606. The molecule has 0 aliphatic carbocycles. The highest BCUT2D eigenvalue weighted by molar-refractivity contribution is 7.89. The largest absolute Gasteiger partial charge is 0.496 e. The summed E-state index contributed by atoms with van der Waals surface area (Å²) in [6.45, 7) is 8.26. The van der Waals surface area contributed by atoms with Crippen molar-refractivity contribution in [1.82, 2.24) is 4.31 Å². The first-order valence-corrected chi connectivity index (χ1v) is 10.8. The highest BCUT2D eigenvalue weighted by atomic mass is 32.2. The summed E-state index contributed by atoms with van der Waals surface area (Å²) in [6.07, 6.45) is 0.969. The number of hydrogen-bond donors (Lipinski definition) is 0. The van der Waals surface area contributed by atoms with Crippen molar-refractivity contribution in [3.8, 4) is 5.75 Å². The van der Waals surface area contributed by atoms with E-state index in [1.54, 1.807) is 17.5 Å². The quantitative estimate of drug-likeness (QED) is 0.788. The molecule has 2 aromatic rings. The van der Waals surface area contributed by atoms with Gasteiger partial charge in [0.1, 0.15) is 5.75 Å². The van der Waals surface area contributed by atoms with Crippen LogP contribution < -0.4 is 9.64 Å². The normalized spacial score (nSPS) is 15.8. The first-order valence-electron chi connectivity index (χ1n) is 9.36. The van der Waals surface area contributed by atoms with Gasteiger partial charge in [-0.25, -0.2) is 8.42 Å². The van der Waals surface area contributed by atoms with Gasteiger partial charge in [0.05, 0.1) is 12.0 Å². The summed E-state index contributed by atoms with van der Waals surface area (Å²) in [4.78, 5) is 2.63. The van der Waals surface area contributed by atoms with Crippen LogP contribution in [0.3, 0.4) is 0 Å². The van der Waals surface area contributed by atoms with Crippen molar-refractivity contribution >= 4 is 15.7 Å². The maximum Gasteiger partial charge on any atom is 0.243 e. The van der Waals surface area contributed by atoms with Crippen LogP contribution in [0.25, 0.3) is 0 Å². The predicted octanol–water partition coefficient (Wildman–Crippen LogP) is 3.39. The molecule has 0 unspecified atom stereocenters. The number of nitrogens with zero attached hydrogens (tertiary/aromatic N) is 2. The molecule has 1 heterocycles. The number of hydrogen-bond acceptors (Lipinski definition) is 4. The highest BCUT2D eigenvalue weighted by Crippen LogP contribution is 2.29. The van der Waals surface area contributed by atoms with Crippen molar-refractivity contribution in [2.24, 2.45) is 0 Å². The maximum absolute atomic E-state index is 13.2. The number of para-hydroxylation sites is 1. The summed E-state index contributed by atoms with van der Waals surface area (Å²) >= 11 is 0. The molecule has 0 amide bonds. The minimum Gasteiger partial charge on any atom is -0.496 e. The van der Waals surface area contributed by atoms with E-state index in [2.05, 4.69) is 30.0 Å². The molecular formula is C21H28N2O3S. The average molecular weight is 389 g/mol. The summed E-state index contributed by atoms with van der Waals surface area (Å²) < 4.78 is 33.3. The zero-order valence-electron chi connectivity index (χ0n) is 16.5. The Bertz CT molecular complexity index is 917. The number of ether oxygens (including phenoxy) is 1. The smallest absolute Gasteiger partial charge is 0.243 e. The number of piperazine rings is 1. The summed E-state index contributed by atoms with van der Waals surface area (Å²) in [6, 6.07) is 11.9. The molecule has 1 aliphatic heterocycles. The molecule has 0 atom stereocenters. The van der Waals surface area contributed by atoms with Crippen LogP contribution in [-0.4, -0.2) is 46.0 Å². The Morgan fingerprint density at radius 3 is 2.30 bits per heavy atom. The van der Waals surface area contributed by atoms with Gasteiger partial charge in [0.25, 0.3) is 0 Å². The van der Waals surface area contributed by atoms with Crippen LogP contribution in [-0.2, 0) is 16.4 Å². The Morgan fingerprint density at radius 1 is 1.00 bits per heavy atom. The number of anilines is 1. The number of benzene rings is 2. The zero-order chi connectivity index (χ0) is 19.6. The van der Waals surface area contributed by atoms with E-state index in [-0.39, 0.29) is 0 Å². The third-order valence-electron chi connectivity index (χ3n) is 5.26. The van der Waals surface area contributed by atoms with Crippen molar-refractivity contribution in [2.45, 2.75) is 32.1 Å². The molecular weight excluding hydrogens is 360 g/mol. The molecule has 0 bridgehead atoms. The molecule has 27 heavy (non-hydrogen) atoms. The number of methoxy groups -OCH3 is 1. The predicted molar refractivity (Wildman–Crippen MR) is 109 cm³/mol. The molecule has 1 aliphatic rings. The van der Waals surface area contributed by atoms with Gasteiger partial charge in [-0.2, -0.15) is 4.31 Å². The van der Waals surface area contributed by atoms with E-state index in [0.29, 0.717) is 36.8 Å². The van der Waals surface area contributed by atoms with Crippen LogP contribution in [0.4, 0.5) is 5.69 Å². The summed E-state index contributed by atoms with van der Waals surface area (Å²) in [5.41, 5.74) is 4.21. The molecule has 5 nitrogen and oxygen atoms in total. The van der Waals surface area contributed by atoms with Crippen molar-refractivity contribution in [3.63, 3.8) is 0 Å². The Hall–Kier alpha value is -2.05. The topological polar surface area (TPSA) is 49.9 Å². The maximum atomic E-state index is 13.2. The fraction of sp³-hybridized carbons (Fsp3) is 0.429. The van der Waals surface area contributed by atoms with Gasteiger partial charge in [-0.3, -0.25) is 0 Å². The van der Waals surface area contributed by atoms with Crippen molar-refractivity contribution in [3.05, 3.63) is 53.1 Å². The molecule has 6 heteroatoms. The lowest BCUT2D eigenvalue weighted by atomic mass is 10.1. The number of rotatable bonds is 5. The second-order valence-corrected chi connectivity index (χ2v) is 8.87. The number of sulfonamides is 1. The van der Waals surface area contributed by atoms with Crippen molar-refractivity contribution in [2.75, 3.05) is 38.2 Å². The molecule has 2 aromatic carbocycles. The van der Waals surface area contributed by atoms with Gasteiger partial charge in [-0.15, -0.1) is 0 Å². The molecule has 1 fully saturated rings. The highest BCUT2D eigenvalue weighted by Gasteiger charge is 2.30. The minimum atomic E-state index is -3.54. The van der Waals surface area contributed by atoms with Crippen LogP contribution in [0, 0.1) is 13.8 Å². The second kappa shape index (κ2) is 7.90. The van der Waals surface area contributed by atoms with E-state index in [4.69, 9.17) is 4.74 Å². The van der Waals surface area contributed by atoms with E-state index in [0.717, 1.165) is 17.5 Å². The van der Waals surface area contributed by atoms with E-state index in [1.165, 1.54) is 11.3 Å². The fourth-order valence-corrected chi connectivity index (χ4v) is 5.38. The van der Waals surface area contributed by atoms with E-state index >= 15 is 0 Å². The molecule has 3 rings (SSSR count). The van der Waals surface area contributed by atoms with Gasteiger partial charge < -0.3 is 9.64 Å². The molecule has 0 N–H and O–H groups in total. The molecule has 1 saturated heterocycles. The Morgan fingerprint density at radius 2 is 1.67 bits per heavy atom. The van der Waals surface area contributed by atoms with Gasteiger partial charge in [-0.05, 0) is 43.0 Å². The number of aryl methyl sites for hydroxylation is 3. The third-order valence-corrected chi connectivity index (χ3v) is 7.30. The Balaban J connectivity index is 1.81. The van der Waals surface area contributed by atoms with Gasteiger partial charge >= 0.3 is 0 Å². The average Bonchev–Trinajstić information content (AvgIpc) is 2.68.